The van der Waals surface area contributed by atoms with Gasteiger partial charge in [-0.2, -0.15) is 0 Å². The maximum atomic E-state index is 2.78. The van der Waals surface area contributed by atoms with Crippen molar-refractivity contribution in [3.05, 3.63) is 47.5 Å². The van der Waals surface area contributed by atoms with Gasteiger partial charge in [-0.3, -0.25) is 0 Å². The minimum atomic E-state index is 0.529. The zero-order valence-corrected chi connectivity index (χ0v) is 13.5. The Hall–Kier alpha value is -1.08. The van der Waals surface area contributed by atoms with Gasteiger partial charge in [-0.05, 0) is 85.9 Å². The fourth-order valence-electron chi connectivity index (χ4n) is 5.88. The highest BCUT2D eigenvalue weighted by Crippen LogP contribution is 2.47. The van der Waals surface area contributed by atoms with Gasteiger partial charge in [0.05, 0.1) is 0 Å². The number of piperidine rings is 1. The van der Waals surface area contributed by atoms with Gasteiger partial charge < -0.3 is 4.90 Å². The van der Waals surface area contributed by atoms with Crippen molar-refractivity contribution in [2.75, 3.05) is 19.6 Å². The summed E-state index contributed by atoms with van der Waals surface area (Å²) >= 11 is 0. The molecule has 5 rings (SSSR count). The van der Waals surface area contributed by atoms with Gasteiger partial charge in [-0.25, -0.2) is 0 Å². The maximum absolute atomic E-state index is 2.78. The first-order chi connectivity index (χ1) is 10.8. The van der Waals surface area contributed by atoms with Crippen LogP contribution in [0, 0.1) is 17.8 Å². The van der Waals surface area contributed by atoms with E-state index in [1.165, 1.54) is 58.2 Å². The summed E-state index contributed by atoms with van der Waals surface area (Å²) in [6, 6.07) is 9.24. The highest BCUT2D eigenvalue weighted by Gasteiger charge is 2.42. The highest BCUT2D eigenvalue weighted by atomic mass is 15.1. The molecule has 0 aromatic heterocycles. The van der Waals surface area contributed by atoms with Crippen LogP contribution in [0.15, 0.2) is 36.4 Å². The number of hydrogen-bond donors (Lipinski definition) is 0. The molecule has 22 heavy (non-hydrogen) atoms. The summed E-state index contributed by atoms with van der Waals surface area (Å²) in [6.07, 6.45) is 13.4. The van der Waals surface area contributed by atoms with Crippen molar-refractivity contribution in [1.29, 1.82) is 0 Å². The molecule has 1 saturated carbocycles. The summed E-state index contributed by atoms with van der Waals surface area (Å²) in [4.78, 5) is 2.78. The van der Waals surface area contributed by atoms with Crippen LogP contribution in [0.25, 0.3) is 0 Å². The van der Waals surface area contributed by atoms with Crippen LogP contribution in [0.5, 0.6) is 0 Å². The van der Waals surface area contributed by atoms with E-state index in [0.29, 0.717) is 5.41 Å². The molecule has 1 heterocycles. The van der Waals surface area contributed by atoms with E-state index in [0.717, 1.165) is 17.8 Å². The predicted octanol–water partition coefficient (Wildman–Crippen LogP) is 4.18. The Morgan fingerprint density at radius 3 is 2.64 bits per heavy atom. The molecule has 0 radical (unpaired) electrons. The Bertz CT molecular complexity index is 594. The first-order valence-corrected chi connectivity index (χ1v) is 9.31. The molecule has 0 N–H and O–H groups in total. The standard InChI is InChI=1S/C21H27N/c1-2-4-20-17(3-1)7-8-21(20)9-11-22(12-10-21)15-19-14-16-5-6-18(19)13-16/h1-6,16,18-19H,7-15H2/t16-,18-,19-/m0/s1. The van der Waals surface area contributed by atoms with Crippen LogP contribution in [0.1, 0.15) is 43.2 Å². The van der Waals surface area contributed by atoms with Gasteiger partial charge >= 0.3 is 0 Å². The fraction of sp³-hybridized carbons (Fsp3) is 0.619. The molecule has 0 amide bonds. The number of fused-ring (bicyclic) bond motifs is 4. The minimum absolute atomic E-state index is 0.529. The van der Waals surface area contributed by atoms with Crippen LogP contribution in [0.2, 0.25) is 0 Å². The van der Waals surface area contributed by atoms with Crippen molar-refractivity contribution in [2.45, 2.75) is 43.9 Å². The molecule has 3 atom stereocenters. The quantitative estimate of drug-likeness (QED) is 0.739. The molecule has 2 bridgehead atoms. The number of benzene rings is 1. The number of aryl methyl sites for hydroxylation is 1. The lowest BCUT2D eigenvalue weighted by molar-refractivity contribution is 0.133. The molecule has 1 aliphatic heterocycles. The van der Waals surface area contributed by atoms with Gasteiger partial charge in [0.1, 0.15) is 0 Å². The summed E-state index contributed by atoms with van der Waals surface area (Å²) in [6.45, 7) is 4.01. The van der Waals surface area contributed by atoms with Crippen molar-refractivity contribution in [2.24, 2.45) is 17.8 Å². The Balaban J connectivity index is 1.25. The van der Waals surface area contributed by atoms with Gasteiger partial charge in [0.15, 0.2) is 0 Å². The molecule has 3 aliphatic carbocycles. The van der Waals surface area contributed by atoms with E-state index in [-0.39, 0.29) is 0 Å². The molecule has 1 nitrogen and oxygen atoms in total. The summed E-state index contributed by atoms with van der Waals surface area (Å²) in [7, 11) is 0. The smallest absolute Gasteiger partial charge is 0.00155 e. The topological polar surface area (TPSA) is 3.24 Å². The SMILES string of the molecule is C1=C[C@H]2C[C@H]1C[C@H]2CN1CCC2(CCc3ccccc32)CC1. The second-order valence-electron chi connectivity index (χ2n) is 8.28. The molecule has 116 valence electrons. The summed E-state index contributed by atoms with van der Waals surface area (Å²) in [5, 5.41) is 0. The lowest BCUT2D eigenvalue weighted by atomic mass is 9.73. The van der Waals surface area contributed by atoms with Crippen LogP contribution < -0.4 is 0 Å². The Morgan fingerprint density at radius 1 is 1.00 bits per heavy atom. The van der Waals surface area contributed by atoms with Crippen molar-refractivity contribution >= 4 is 0 Å². The molecule has 0 unspecified atom stereocenters. The lowest BCUT2D eigenvalue weighted by Gasteiger charge is -2.41. The molecule has 1 spiro atoms. The van der Waals surface area contributed by atoms with Crippen LogP contribution in [-0.2, 0) is 11.8 Å². The third-order valence-electron chi connectivity index (χ3n) is 7.18. The predicted molar refractivity (Wildman–Crippen MR) is 91.0 cm³/mol. The van der Waals surface area contributed by atoms with E-state index in [4.69, 9.17) is 0 Å². The van der Waals surface area contributed by atoms with Crippen molar-refractivity contribution in [3.63, 3.8) is 0 Å². The van der Waals surface area contributed by atoms with Crippen molar-refractivity contribution in [1.82, 2.24) is 4.90 Å². The zero-order valence-electron chi connectivity index (χ0n) is 13.5. The van der Waals surface area contributed by atoms with Crippen LogP contribution in [0.3, 0.4) is 0 Å². The zero-order chi connectivity index (χ0) is 14.6. The number of allylic oxidation sites excluding steroid dienone is 2. The second kappa shape index (κ2) is 4.96. The molecule has 2 fully saturated rings. The highest BCUT2D eigenvalue weighted by molar-refractivity contribution is 5.39. The average molecular weight is 293 g/mol. The van der Waals surface area contributed by atoms with Gasteiger partial charge in [0.25, 0.3) is 0 Å². The Morgan fingerprint density at radius 2 is 1.86 bits per heavy atom. The van der Waals surface area contributed by atoms with Gasteiger partial charge in [0.2, 0.25) is 0 Å². The molecule has 1 aromatic carbocycles. The number of hydrogen-bond acceptors (Lipinski definition) is 1. The van der Waals surface area contributed by atoms with Gasteiger partial charge in [0, 0.05) is 6.54 Å². The van der Waals surface area contributed by atoms with Gasteiger partial charge in [-0.15, -0.1) is 0 Å². The first-order valence-electron chi connectivity index (χ1n) is 9.31. The minimum Gasteiger partial charge on any atom is -0.303 e. The third kappa shape index (κ3) is 2.01. The van der Waals surface area contributed by atoms with Gasteiger partial charge in [-0.1, -0.05) is 36.4 Å². The molecular formula is C21H27N. The number of nitrogens with zero attached hydrogens (tertiary/aromatic N) is 1. The van der Waals surface area contributed by atoms with E-state index in [2.05, 4.69) is 41.3 Å². The monoisotopic (exact) mass is 293 g/mol. The van der Waals surface area contributed by atoms with E-state index in [9.17, 15) is 0 Å². The second-order valence-corrected chi connectivity index (χ2v) is 8.28. The third-order valence-corrected chi connectivity index (χ3v) is 7.18. The average Bonchev–Trinajstić information content (AvgIpc) is 3.25. The van der Waals surface area contributed by atoms with Crippen LogP contribution >= 0.6 is 0 Å². The van der Waals surface area contributed by atoms with E-state index in [1.54, 1.807) is 11.1 Å². The summed E-state index contributed by atoms with van der Waals surface area (Å²) in [5.41, 5.74) is 3.86. The first kappa shape index (κ1) is 13.4. The molecule has 1 aromatic rings. The molecule has 1 heteroatoms. The normalized spacial score (nSPS) is 35.4. The molecular weight excluding hydrogens is 266 g/mol. The maximum Gasteiger partial charge on any atom is 0.00155 e. The summed E-state index contributed by atoms with van der Waals surface area (Å²) in [5.74, 6) is 2.79. The summed E-state index contributed by atoms with van der Waals surface area (Å²) < 4.78 is 0. The van der Waals surface area contributed by atoms with Crippen LogP contribution in [-0.4, -0.2) is 24.5 Å². The largest absolute Gasteiger partial charge is 0.303 e. The van der Waals surface area contributed by atoms with Crippen molar-refractivity contribution in [3.8, 4) is 0 Å². The number of likely N-dealkylation sites (tertiary alicyclic amines) is 1. The molecule has 1 saturated heterocycles. The Labute approximate surface area is 134 Å². The van der Waals surface area contributed by atoms with E-state index in [1.807, 2.05) is 0 Å². The fourth-order valence-corrected chi connectivity index (χ4v) is 5.88. The van der Waals surface area contributed by atoms with Crippen molar-refractivity contribution < 1.29 is 0 Å². The van der Waals surface area contributed by atoms with E-state index < -0.39 is 0 Å². The lowest BCUT2D eigenvalue weighted by Crippen LogP contribution is -2.43. The van der Waals surface area contributed by atoms with E-state index >= 15 is 0 Å². The van der Waals surface area contributed by atoms with Crippen LogP contribution in [0.4, 0.5) is 0 Å². The Kier molecular flexibility index (Phi) is 3.01. The number of rotatable bonds is 2. The molecule has 4 aliphatic rings.